The Morgan fingerprint density at radius 2 is 2.32 bits per heavy atom. The van der Waals surface area contributed by atoms with Gasteiger partial charge in [-0.2, -0.15) is 4.98 Å². The molecule has 1 unspecified atom stereocenters. The van der Waals surface area contributed by atoms with Crippen molar-refractivity contribution >= 4 is 0 Å². The lowest BCUT2D eigenvalue weighted by atomic mass is 10.1. The fourth-order valence-electron chi connectivity index (χ4n) is 2.63. The Morgan fingerprint density at radius 1 is 1.45 bits per heavy atom. The Kier molecular flexibility index (Phi) is 4.40. The molecule has 0 amide bonds. The van der Waals surface area contributed by atoms with Crippen LogP contribution in [0.25, 0.3) is 11.5 Å². The topological polar surface area (TPSA) is 63.4 Å². The lowest BCUT2D eigenvalue weighted by molar-refractivity contribution is 0.190. The van der Waals surface area contributed by atoms with Gasteiger partial charge >= 0.3 is 0 Å². The van der Waals surface area contributed by atoms with E-state index in [4.69, 9.17) is 9.26 Å². The quantitative estimate of drug-likeness (QED) is 0.932. The molecule has 1 aromatic carbocycles. The van der Waals surface area contributed by atoms with Crippen LogP contribution in [0.3, 0.4) is 0 Å². The van der Waals surface area contributed by atoms with Crippen LogP contribution in [0.2, 0.25) is 0 Å². The molecule has 1 aromatic heterocycles. The lowest BCUT2D eigenvalue weighted by Gasteiger charge is -2.30. The van der Waals surface area contributed by atoms with E-state index >= 15 is 0 Å². The molecule has 0 bridgehead atoms. The first-order valence-corrected chi connectivity index (χ1v) is 7.67. The zero-order valence-corrected chi connectivity index (χ0v) is 13.3. The summed E-state index contributed by atoms with van der Waals surface area (Å²) in [6.07, 6.45) is 0. The van der Waals surface area contributed by atoms with Crippen LogP contribution in [-0.2, 0) is 0 Å². The number of benzene rings is 1. The number of rotatable bonds is 4. The Hall–Kier alpha value is -1.92. The number of aromatic nitrogens is 2. The molecule has 22 heavy (non-hydrogen) atoms. The molecule has 1 saturated heterocycles. The van der Waals surface area contributed by atoms with Gasteiger partial charge in [0.25, 0.3) is 5.89 Å². The van der Waals surface area contributed by atoms with Crippen molar-refractivity contribution in [2.75, 3.05) is 33.3 Å². The van der Waals surface area contributed by atoms with Gasteiger partial charge in [-0.1, -0.05) is 11.2 Å². The second-order valence-electron chi connectivity index (χ2n) is 5.57. The normalized spacial score (nSPS) is 19.3. The maximum absolute atomic E-state index is 5.63. The largest absolute Gasteiger partial charge is 0.494 e. The Balaban J connectivity index is 1.85. The van der Waals surface area contributed by atoms with E-state index in [9.17, 15) is 0 Å². The van der Waals surface area contributed by atoms with Gasteiger partial charge in [-0.3, -0.25) is 4.90 Å². The van der Waals surface area contributed by atoms with Crippen molar-refractivity contribution in [2.45, 2.75) is 19.9 Å². The molecule has 6 nitrogen and oxygen atoms in total. The summed E-state index contributed by atoms with van der Waals surface area (Å²) < 4.78 is 11.1. The highest BCUT2D eigenvalue weighted by molar-refractivity contribution is 5.57. The summed E-state index contributed by atoms with van der Waals surface area (Å²) in [6, 6.07) is 6.11. The van der Waals surface area contributed by atoms with Crippen LogP contribution in [0.4, 0.5) is 0 Å². The molecule has 2 aromatic rings. The van der Waals surface area contributed by atoms with Crippen molar-refractivity contribution in [1.29, 1.82) is 0 Å². The van der Waals surface area contributed by atoms with Gasteiger partial charge in [-0.05, 0) is 38.6 Å². The van der Waals surface area contributed by atoms with Gasteiger partial charge in [0.1, 0.15) is 5.75 Å². The van der Waals surface area contributed by atoms with Crippen molar-refractivity contribution in [3.63, 3.8) is 0 Å². The van der Waals surface area contributed by atoms with Crippen molar-refractivity contribution in [3.8, 4) is 17.2 Å². The van der Waals surface area contributed by atoms with E-state index in [0.29, 0.717) is 12.5 Å². The fraction of sp³-hybridized carbons (Fsp3) is 0.500. The number of ether oxygens (including phenoxy) is 1. The fourth-order valence-corrected chi connectivity index (χ4v) is 2.63. The van der Waals surface area contributed by atoms with Crippen LogP contribution in [0.5, 0.6) is 5.75 Å². The first-order valence-electron chi connectivity index (χ1n) is 7.67. The minimum absolute atomic E-state index is 0.156. The summed E-state index contributed by atoms with van der Waals surface area (Å²) in [5.74, 6) is 2.12. The summed E-state index contributed by atoms with van der Waals surface area (Å²) in [6.45, 7) is 7.45. The van der Waals surface area contributed by atoms with E-state index in [0.717, 1.165) is 42.3 Å². The SMILES string of the molecule is CCOc1cc(-c2nc(C3CNCCN3C)no2)ccc1C. The highest BCUT2D eigenvalue weighted by Crippen LogP contribution is 2.27. The third-order valence-corrected chi connectivity index (χ3v) is 3.99. The maximum Gasteiger partial charge on any atom is 0.258 e. The van der Waals surface area contributed by atoms with Crippen LogP contribution in [0.15, 0.2) is 22.7 Å². The summed E-state index contributed by atoms with van der Waals surface area (Å²) in [5.41, 5.74) is 1.99. The van der Waals surface area contributed by atoms with Crippen LogP contribution in [0.1, 0.15) is 24.4 Å². The second kappa shape index (κ2) is 6.46. The molecule has 0 aliphatic carbocycles. The van der Waals surface area contributed by atoms with Crippen LogP contribution in [0, 0.1) is 6.92 Å². The van der Waals surface area contributed by atoms with Gasteiger partial charge in [0.15, 0.2) is 5.82 Å². The average molecular weight is 302 g/mol. The highest BCUT2D eigenvalue weighted by atomic mass is 16.5. The first kappa shape index (κ1) is 15.0. The molecule has 1 N–H and O–H groups in total. The van der Waals surface area contributed by atoms with Crippen LogP contribution in [-0.4, -0.2) is 48.3 Å². The first-order chi connectivity index (χ1) is 10.7. The number of aryl methyl sites for hydroxylation is 1. The molecule has 3 rings (SSSR count). The predicted octanol–water partition coefficient (Wildman–Crippen LogP) is 2.02. The molecule has 1 aliphatic rings. The molecule has 1 aliphatic heterocycles. The zero-order chi connectivity index (χ0) is 15.5. The van der Waals surface area contributed by atoms with E-state index in [1.807, 2.05) is 32.0 Å². The smallest absolute Gasteiger partial charge is 0.258 e. The van der Waals surface area contributed by atoms with Crippen molar-refractivity contribution in [3.05, 3.63) is 29.6 Å². The van der Waals surface area contributed by atoms with Crippen molar-refractivity contribution in [1.82, 2.24) is 20.4 Å². The van der Waals surface area contributed by atoms with Gasteiger partial charge in [-0.15, -0.1) is 0 Å². The van der Waals surface area contributed by atoms with Gasteiger partial charge in [0.05, 0.1) is 12.6 Å². The Labute approximate surface area is 130 Å². The minimum Gasteiger partial charge on any atom is -0.494 e. The van der Waals surface area contributed by atoms with Gasteiger partial charge in [-0.25, -0.2) is 0 Å². The van der Waals surface area contributed by atoms with Gasteiger partial charge < -0.3 is 14.6 Å². The number of likely N-dealkylation sites (N-methyl/N-ethyl adjacent to an activating group) is 1. The predicted molar refractivity (Wildman–Crippen MR) is 83.9 cm³/mol. The summed E-state index contributed by atoms with van der Waals surface area (Å²) in [7, 11) is 2.08. The van der Waals surface area contributed by atoms with E-state index in [2.05, 4.69) is 27.4 Å². The van der Waals surface area contributed by atoms with E-state index in [-0.39, 0.29) is 6.04 Å². The highest BCUT2D eigenvalue weighted by Gasteiger charge is 2.25. The summed E-state index contributed by atoms with van der Waals surface area (Å²) >= 11 is 0. The van der Waals surface area contributed by atoms with Gasteiger partial charge in [0, 0.05) is 25.2 Å². The molecular weight excluding hydrogens is 280 g/mol. The van der Waals surface area contributed by atoms with Crippen LogP contribution >= 0.6 is 0 Å². The number of hydrogen-bond acceptors (Lipinski definition) is 6. The number of hydrogen-bond donors (Lipinski definition) is 1. The molecular formula is C16H22N4O2. The number of piperazine rings is 1. The summed E-state index contributed by atoms with van der Waals surface area (Å²) in [4.78, 5) is 6.81. The van der Waals surface area contributed by atoms with Crippen molar-refractivity contribution < 1.29 is 9.26 Å². The molecule has 0 radical (unpaired) electrons. The minimum atomic E-state index is 0.156. The van der Waals surface area contributed by atoms with E-state index in [1.165, 1.54) is 0 Å². The van der Waals surface area contributed by atoms with E-state index in [1.54, 1.807) is 0 Å². The second-order valence-corrected chi connectivity index (χ2v) is 5.57. The molecule has 0 spiro atoms. The summed E-state index contributed by atoms with van der Waals surface area (Å²) in [5, 5.41) is 7.52. The lowest BCUT2D eigenvalue weighted by Crippen LogP contribution is -2.44. The standard InChI is InChI=1S/C16H22N4O2/c1-4-21-14-9-12(6-5-11(14)2)16-18-15(19-22-16)13-10-17-7-8-20(13)3/h5-6,9,13,17H,4,7-8,10H2,1-3H3. The molecule has 1 fully saturated rings. The maximum atomic E-state index is 5.63. The molecule has 2 heterocycles. The van der Waals surface area contributed by atoms with Gasteiger partial charge in [0.2, 0.25) is 0 Å². The van der Waals surface area contributed by atoms with E-state index < -0.39 is 0 Å². The third-order valence-electron chi connectivity index (χ3n) is 3.99. The molecule has 0 saturated carbocycles. The monoisotopic (exact) mass is 302 g/mol. The average Bonchev–Trinajstić information content (AvgIpc) is 3.00. The van der Waals surface area contributed by atoms with Crippen LogP contribution < -0.4 is 10.1 Å². The Morgan fingerprint density at radius 3 is 3.09 bits per heavy atom. The number of nitrogens with one attached hydrogen (secondary N) is 1. The third kappa shape index (κ3) is 2.98. The number of nitrogens with zero attached hydrogens (tertiary/aromatic N) is 3. The van der Waals surface area contributed by atoms with Crippen molar-refractivity contribution in [2.24, 2.45) is 0 Å². The zero-order valence-electron chi connectivity index (χ0n) is 13.3. The Bertz CT molecular complexity index is 641. The molecule has 118 valence electrons. The molecule has 6 heteroatoms. The molecule has 1 atom stereocenters.